The first-order valence-corrected chi connectivity index (χ1v) is 10.5. The summed E-state index contributed by atoms with van der Waals surface area (Å²) in [5.41, 5.74) is 3.57. The summed E-state index contributed by atoms with van der Waals surface area (Å²) in [5.74, 6) is -0.0688. The maximum atomic E-state index is 12.8. The van der Waals surface area contributed by atoms with Gasteiger partial charge < -0.3 is 9.88 Å². The van der Waals surface area contributed by atoms with Crippen LogP contribution >= 0.6 is 22.9 Å². The van der Waals surface area contributed by atoms with Gasteiger partial charge in [-0.05, 0) is 53.9 Å². The van der Waals surface area contributed by atoms with E-state index in [4.69, 9.17) is 11.6 Å². The Bertz CT molecular complexity index is 1240. The van der Waals surface area contributed by atoms with Gasteiger partial charge in [-0.1, -0.05) is 41.1 Å². The summed E-state index contributed by atoms with van der Waals surface area (Å²) in [4.78, 5) is 29.4. The molecule has 0 radical (unpaired) electrons. The van der Waals surface area contributed by atoms with E-state index in [9.17, 15) is 9.59 Å². The number of Topliss-reactive ketones (excluding diaryl/α,β-unsaturated/α-hetero) is 1. The molecule has 1 atom stereocenters. The monoisotopic (exact) mass is 421 g/mol. The molecule has 1 unspecified atom stereocenters. The van der Waals surface area contributed by atoms with Crippen molar-refractivity contribution in [3.8, 4) is 11.1 Å². The second-order valence-corrected chi connectivity index (χ2v) is 8.44. The average Bonchev–Trinajstić information content (AvgIpc) is 3.35. The Morgan fingerprint density at radius 2 is 1.93 bits per heavy atom. The van der Waals surface area contributed by atoms with Crippen LogP contribution in [0.5, 0.6) is 0 Å². The maximum absolute atomic E-state index is 12.8. The van der Waals surface area contributed by atoms with Crippen LogP contribution in [0, 0.1) is 0 Å². The molecule has 0 spiro atoms. The number of carbonyl (C=O) groups excluding carboxylic acids is 2. The fraction of sp³-hybridized carbons (Fsp3) is 0.136. The number of nitrogens with zero attached hydrogens (tertiary/aromatic N) is 2. The predicted octanol–water partition coefficient (Wildman–Crippen LogP) is 5.57. The standard InChI is InChI=1S/C22H16ClN3O2S/c23-15-6-3-13(4-7-15)14-5-8-16-20(12-14)29-22(24-16)25-21(28)18-9-10-19(27)17-2-1-11-26(17)18/h1-8,11-12,18H,9-10H2,(H,24,25,28). The van der Waals surface area contributed by atoms with Crippen molar-refractivity contribution in [3.05, 3.63) is 71.5 Å². The van der Waals surface area contributed by atoms with Crippen molar-refractivity contribution >= 4 is 50.0 Å². The van der Waals surface area contributed by atoms with Crippen molar-refractivity contribution in [2.75, 3.05) is 5.32 Å². The molecule has 5 nitrogen and oxygen atoms in total. The number of aromatic nitrogens is 2. The quantitative estimate of drug-likeness (QED) is 0.470. The molecule has 2 aromatic carbocycles. The van der Waals surface area contributed by atoms with Gasteiger partial charge in [0.2, 0.25) is 5.91 Å². The molecular weight excluding hydrogens is 406 g/mol. The Hall–Kier alpha value is -2.96. The summed E-state index contributed by atoms with van der Waals surface area (Å²) in [6, 6.07) is 16.9. The van der Waals surface area contributed by atoms with Gasteiger partial charge in [-0.25, -0.2) is 4.98 Å². The number of ketones is 1. The number of benzene rings is 2. The predicted molar refractivity (Wildman–Crippen MR) is 116 cm³/mol. The lowest BCUT2D eigenvalue weighted by atomic mass is 10.0. The molecular formula is C22H16ClN3O2S. The van der Waals surface area contributed by atoms with E-state index < -0.39 is 6.04 Å². The highest BCUT2D eigenvalue weighted by atomic mass is 35.5. The van der Waals surface area contributed by atoms with Crippen molar-refractivity contribution in [2.24, 2.45) is 0 Å². The number of carbonyl (C=O) groups is 2. The molecule has 5 rings (SSSR count). The topological polar surface area (TPSA) is 64.0 Å². The van der Waals surface area contributed by atoms with Crippen LogP contribution in [-0.4, -0.2) is 21.2 Å². The van der Waals surface area contributed by atoms with Crippen LogP contribution in [-0.2, 0) is 4.79 Å². The zero-order valence-electron chi connectivity index (χ0n) is 15.3. The van der Waals surface area contributed by atoms with E-state index in [0.29, 0.717) is 28.7 Å². The van der Waals surface area contributed by atoms with E-state index in [1.807, 2.05) is 36.4 Å². The molecule has 1 amide bonds. The summed E-state index contributed by atoms with van der Waals surface area (Å²) >= 11 is 7.41. The number of anilines is 1. The van der Waals surface area contributed by atoms with Crippen molar-refractivity contribution in [1.29, 1.82) is 0 Å². The first-order valence-electron chi connectivity index (χ1n) is 9.26. The first-order chi connectivity index (χ1) is 14.1. The summed E-state index contributed by atoms with van der Waals surface area (Å²) in [6.07, 6.45) is 2.66. The fourth-order valence-corrected chi connectivity index (χ4v) is 4.72. The third-order valence-corrected chi connectivity index (χ3v) is 6.33. The van der Waals surface area contributed by atoms with E-state index in [-0.39, 0.29) is 11.7 Å². The van der Waals surface area contributed by atoms with Gasteiger partial charge in [-0.15, -0.1) is 0 Å². The molecule has 7 heteroatoms. The van der Waals surface area contributed by atoms with Crippen LogP contribution in [0.25, 0.3) is 21.3 Å². The van der Waals surface area contributed by atoms with Crippen molar-refractivity contribution in [2.45, 2.75) is 18.9 Å². The molecule has 0 bridgehead atoms. The molecule has 2 aromatic heterocycles. The molecule has 144 valence electrons. The third-order valence-electron chi connectivity index (χ3n) is 5.14. The summed E-state index contributed by atoms with van der Waals surface area (Å²) in [6.45, 7) is 0. The summed E-state index contributed by atoms with van der Waals surface area (Å²) in [7, 11) is 0. The van der Waals surface area contributed by atoms with Crippen LogP contribution in [0.4, 0.5) is 5.13 Å². The van der Waals surface area contributed by atoms with Crippen LogP contribution in [0.3, 0.4) is 0 Å². The molecule has 0 saturated heterocycles. The van der Waals surface area contributed by atoms with Crippen molar-refractivity contribution in [3.63, 3.8) is 0 Å². The smallest absolute Gasteiger partial charge is 0.249 e. The van der Waals surface area contributed by atoms with Gasteiger partial charge in [0.1, 0.15) is 6.04 Å². The van der Waals surface area contributed by atoms with Crippen LogP contribution in [0.1, 0.15) is 29.4 Å². The molecule has 29 heavy (non-hydrogen) atoms. The molecule has 1 N–H and O–H groups in total. The van der Waals surface area contributed by atoms with Gasteiger partial charge in [0, 0.05) is 17.6 Å². The van der Waals surface area contributed by atoms with E-state index >= 15 is 0 Å². The zero-order valence-corrected chi connectivity index (χ0v) is 16.8. The number of amides is 1. The Morgan fingerprint density at radius 1 is 1.14 bits per heavy atom. The Morgan fingerprint density at radius 3 is 2.76 bits per heavy atom. The zero-order chi connectivity index (χ0) is 20.0. The van der Waals surface area contributed by atoms with E-state index in [2.05, 4.69) is 16.4 Å². The van der Waals surface area contributed by atoms with Crippen LogP contribution in [0.2, 0.25) is 5.02 Å². The van der Waals surface area contributed by atoms with Crippen molar-refractivity contribution < 1.29 is 9.59 Å². The highest BCUT2D eigenvalue weighted by Crippen LogP contribution is 2.32. The lowest BCUT2D eigenvalue weighted by Crippen LogP contribution is -2.31. The third kappa shape index (κ3) is 3.34. The largest absolute Gasteiger partial charge is 0.333 e. The Balaban J connectivity index is 1.40. The minimum absolute atomic E-state index is 0.0776. The highest BCUT2D eigenvalue weighted by Gasteiger charge is 2.30. The summed E-state index contributed by atoms with van der Waals surface area (Å²) < 4.78 is 2.75. The van der Waals surface area contributed by atoms with E-state index in [0.717, 1.165) is 21.3 Å². The lowest BCUT2D eigenvalue weighted by Gasteiger charge is -2.24. The molecule has 1 aliphatic rings. The number of fused-ring (bicyclic) bond motifs is 2. The van der Waals surface area contributed by atoms with Gasteiger partial charge in [0.25, 0.3) is 0 Å². The molecule has 3 heterocycles. The number of nitrogens with one attached hydrogen (secondary N) is 1. The molecule has 1 aliphatic heterocycles. The average molecular weight is 422 g/mol. The number of thiazole rings is 1. The van der Waals surface area contributed by atoms with Gasteiger partial charge >= 0.3 is 0 Å². The fourth-order valence-electron chi connectivity index (χ4n) is 3.68. The minimum atomic E-state index is -0.394. The lowest BCUT2D eigenvalue weighted by molar-refractivity contribution is -0.119. The maximum Gasteiger partial charge on any atom is 0.249 e. The Labute approximate surface area is 176 Å². The molecule has 4 aromatic rings. The second-order valence-electron chi connectivity index (χ2n) is 6.98. The Kier molecular flexibility index (Phi) is 4.45. The van der Waals surface area contributed by atoms with E-state index in [1.165, 1.54) is 11.3 Å². The molecule has 0 saturated carbocycles. The number of halogens is 1. The summed E-state index contributed by atoms with van der Waals surface area (Å²) in [5, 5.41) is 4.19. The van der Waals surface area contributed by atoms with Crippen molar-refractivity contribution in [1.82, 2.24) is 9.55 Å². The molecule has 0 fully saturated rings. The van der Waals surface area contributed by atoms with Gasteiger partial charge in [0.15, 0.2) is 10.9 Å². The number of hydrogen-bond acceptors (Lipinski definition) is 4. The van der Waals surface area contributed by atoms with Crippen LogP contribution in [0.15, 0.2) is 60.8 Å². The van der Waals surface area contributed by atoms with E-state index in [1.54, 1.807) is 22.9 Å². The van der Waals surface area contributed by atoms with Gasteiger partial charge in [-0.3, -0.25) is 9.59 Å². The number of rotatable bonds is 3. The minimum Gasteiger partial charge on any atom is -0.333 e. The molecule has 0 aliphatic carbocycles. The van der Waals surface area contributed by atoms with Gasteiger partial charge in [-0.2, -0.15) is 0 Å². The highest BCUT2D eigenvalue weighted by molar-refractivity contribution is 7.22. The van der Waals surface area contributed by atoms with Gasteiger partial charge in [0.05, 0.1) is 15.9 Å². The normalized spacial score (nSPS) is 16.0. The van der Waals surface area contributed by atoms with Crippen LogP contribution < -0.4 is 5.32 Å². The first kappa shape index (κ1) is 18.1. The number of hydrogen-bond donors (Lipinski definition) is 1. The SMILES string of the molecule is O=C1CCC(C(=O)Nc2nc3ccc(-c4ccc(Cl)cc4)cc3s2)n2cccc21. The second kappa shape index (κ2) is 7.13.